The average molecular weight is 247 g/mol. The summed E-state index contributed by atoms with van der Waals surface area (Å²) >= 11 is 0. The Bertz CT molecular complexity index is 360. The molecule has 1 N–H and O–H groups in total. The van der Waals surface area contributed by atoms with Crippen LogP contribution in [0.15, 0.2) is 24.3 Å². The highest BCUT2D eigenvalue weighted by Crippen LogP contribution is 2.37. The SMILES string of the molecule is CNC(CCCOC)c1cccc(C2CCC2)c1. The first kappa shape index (κ1) is 13.6. The van der Waals surface area contributed by atoms with Gasteiger partial charge >= 0.3 is 0 Å². The molecule has 0 aromatic heterocycles. The third kappa shape index (κ3) is 3.33. The molecular weight excluding hydrogens is 222 g/mol. The Kier molecular flexibility index (Phi) is 5.21. The first-order valence-corrected chi connectivity index (χ1v) is 7.11. The van der Waals surface area contributed by atoms with Crippen LogP contribution in [0.1, 0.15) is 55.2 Å². The van der Waals surface area contributed by atoms with Crippen molar-refractivity contribution in [3.8, 4) is 0 Å². The van der Waals surface area contributed by atoms with E-state index in [1.165, 1.54) is 30.4 Å². The lowest BCUT2D eigenvalue weighted by atomic mass is 9.79. The minimum absolute atomic E-state index is 0.458. The Labute approximate surface area is 111 Å². The smallest absolute Gasteiger partial charge is 0.0462 e. The molecule has 0 amide bonds. The minimum Gasteiger partial charge on any atom is -0.385 e. The molecule has 0 bridgehead atoms. The van der Waals surface area contributed by atoms with Gasteiger partial charge in [0.15, 0.2) is 0 Å². The second-order valence-corrected chi connectivity index (χ2v) is 5.27. The quantitative estimate of drug-likeness (QED) is 0.743. The van der Waals surface area contributed by atoms with Crippen molar-refractivity contribution in [2.24, 2.45) is 0 Å². The first-order valence-electron chi connectivity index (χ1n) is 7.11. The molecule has 1 saturated carbocycles. The van der Waals surface area contributed by atoms with Crippen LogP contribution in [-0.4, -0.2) is 20.8 Å². The minimum atomic E-state index is 0.458. The van der Waals surface area contributed by atoms with Gasteiger partial charge in [-0.25, -0.2) is 0 Å². The summed E-state index contributed by atoms with van der Waals surface area (Å²) in [6, 6.07) is 9.60. The van der Waals surface area contributed by atoms with Gasteiger partial charge in [0.2, 0.25) is 0 Å². The number of hydrogen-bond acceptors (Lipinski definition) is 2. The summed E-state index contributed by atoms with van der Waals surface area (Å²) in [5.74, 6) is 0.821. The van der Waals surface area contributed by atoms with Crippen molar-refractivity contribution in [1.29, 1.82) is 0 Å². The van der Waals surface area contributed by atoms with Gasteiger partial charge in [0.05, 0.1) is 0 Å². The van der Waals surface area contributed by atoms with Gasteiger partial charge in [-0.1, -0.05) is 30.7 Å². The standard InChI is InChI=1S/C16H25NO/c1-17-16(10-5-11-18-2)15-9-4-8-14(12-15)13-6-3-7-13/h4,8-9,12-13,16-17H,3,5-7,10-11H2,1-2H3. The fourth-order valence-corrected chi connectivity index (χ4v) is 2.68. The normalized spacial score (nSPS) is 17.4. The molecule has 2 nitrogen and oxygen atoms in total. The molecule has 0 radical (unpaired) electrons. The van der Waals surface area contributed by atoms with Gasteiger partial charge < -0.3 is 10.1 Å². The fourth-order valence-electron chi connectivity index (χ4n) is 2.68. The molecule has 2 rings (SSSR count). The van der Waals surface area contributed by atoms with Crippen LogP contribution in [0.4, 0.5) is 0 Å². The average Bonchev–Trinajstić information content (AvgIpc) is 2.33. The molecule has 0 aliphatic heterocycles. The summed E-state index contributed by atoms with van der Waals surface area (Å²) in [5.41, 5.74) is 2.96. The molecule has 1 aromatic carbocycles. The number of hydrogen-bond donors (Lipinski definition) is 1. The van der Waals surface area contributed by atoms with E-state index in [0.717, 1.165) is 25.4 Å². The molecule has 2 heteroatoms. The van der Waals surface area contributed by atoms with Crippen LogP contribution in [0.5, 0.6) is 0 Å². The third-order valence-corrected chi connectivity index (χ3v) is 4.08. The van der Waals surface area contributed by atoms with Crippen molar-refractivity contribution in [3.05, 3.63) is 35.4 Å². The van der Waals surface area contributed by atoms with Gasteiger partial charge in [-0.3, -0.25) is 0 Å². The second kappa shape index (κ2) is 6.91. The molecule has 1 aromatic rings. The second-order valence-electron chi connectivity index (χ2n) is 5.27. The maximum Gasteiger partial charge on any atom is 0.0462 e. The van der Waals surface area contributed by atoms with Crippen molar-refractivity contribution in [2.75, 3.05) is 20.8 Å². The predicted molar refractivity (Wildman–Crippen MR) is 75.9 cm³/mol. The van der Waals surface area contributed by atoms with Crippen molar-refractivity contribution in [2.45, 2.75) is 44.1 Å². The monoisotopic (exact) mass is 247 g/mol. The lowest BCUT2D eigenvalue weighted by molar-refractivity contribution is 0.189. The van der Waals surface area contributed by atoms with E-state index in [-0.39, 0.29) is 0 Å². The summed E-state index contributed by atoms with van der Waals surface area (Å²) in [4.78, 5) is 0. The van der Waals surface area contributed by atoms with Crippen molar-refractivity contribution >= 4 is 0 Å². The molecule has 18 heavy (non-hydrogen) atoms. The summed E-state index contributed by atoms with van der Waals surface area (Å²) in [6.07, 6.45) is 6.39. The van der Waals surface area contributed by atoms with E-state index in [1.54, 1.807) is 7.11 Å². The van der Waals surface area contributed by atoms with Crippen LogP contribution in [0.25, 0.3) is 0 Å². The summed E-state index contributed by atoms with van der Waals surface area (Å²) in [7, 11) is 3.82. The fraction of sp³-hybridized carbons (Fsp3) is 0.625. The number of nitrogens with one attached hydrogen (secondary N) is 1. The van der Waals surface area contributed by atoms with Crippen LogP contribution in [0.2, 0.25) is 0 Å². The van der Waals surface area contributed by atoms with Gasteiger partial charge in [-0.15, -0.1) is 0 Å². The lowest BCUT2D eigenvalue weighted by Crippen LogP contribution is -2.17. The zero-order valence-corrected chi connectivity index (χ0v) is 11.6. The highest BCUT2D eigenvalue weighted by molar-refractivity contribution is 5.29. The van der Waals surface area contributed by atoms with E-state index in [0.29, 0.717) is 6.04 Å². The molecule has 1 fully saturated rings. The van der Waals surface area contributed by atoms with Crippen LogP contribution < -0.4 is 5.32 Å². The van der Waals surface area contributed by atoms with E-state index >= 15 is 0 Å². The van der Waals surface area contributed by atoms with Crippen LogP contribution >= 0.6 is 0 Å². The van der Waals surface area contributed by atoms with Crippen molar-refractivity contribution < 1.29 is 4.74 Å². The predicted octanol–water partition coefficient (Wildman–Crippen LogP) is 3.64. The Balaban J connectivity index is 2.00. The molecule has 1 unspecified atom stereocenters. The van der Waals surface area contributed by atoms with E-state index in [1.807, 2.05) is 7.05 Å². The summed E-state index contributed by atoms with van der Waals surface area (Å²) < 4.78 is 5.13. The molecule has 1 atom stereocenters. The van der Waals surface area contributed by atoms with E-state index < -0.39 is 0 Å². The maximum atomic E-state index is 5.13. The zero-order valence-electron chi connectivity index (χ0n) is 11.6. The van der Waals surface area contributed by atoms with Gasteiger partial charge in [0.1, 0.15) is 0 Å². The highest BCUT2D eigenvalue weighted by Gasteiger charge is 2.20. The van der Waals surface area contributed by atoms with Crippen LogP contribution in [0.3, 0.4) is 0 Å². The zero-order chi connectivity index (χ0) is 12.8. The Morgan fingerprint density at radius 2 is 2.22 bits per heavy atom. The van der Waals surface area contributed by atoms with E-state index in [4.69, 9.17) is 4.74 Å². The Morgan fingerprint density at radius 3 is 2.83 bits per heavy atom. The first-order chi connectivity index (χ1) is 8.85. The van der Waals surface area contributed by atoms with Crippen molar-refractivity contribution in [1.82, 2.24) is 5.32 Å². The largest absolute Gasteiger partial charge is 0.385 e. The Morgan fingerprint density at radius 1 is 1.39 bits per heavy atom. The van der Waals surface area contributed by atoms with Gasteiger partial charge in [-0.2, -0.15) is 0 Å². The number of benzene rings is 1. The summed E-state index contributed by atoms with van der Waals surface area (Å²) in [5, 5.41) is 3.42. The van der Waals surface area contributed by atoms with Gasteiger partial charge in [0, 0.05) is 19.8 Å². The van der Waals surface area contributed by atoms with Gasteiger partial charge in [-0.05, 0) is 49.8 Å². The molecule has 0 heterocycles. The molecule has 1 aliphatic carbocycles. The lowest BCUT2D eigenvalue weighted by Gasteiger charge is -2.27. The van der Waals surface area contributed by atoms with Crippen LogP contribution in [-0.2, 0) is 4.74 Å². The molecule has 100 valence electrons. The van der Waals surface area contributed by atoms with Gasteiger partial charge in [0.25, 0.3) is 0 Å². The topological polar surface area (TPSA) is 21.3 Å². The number of rotatable bonds is 7. The summed E-state index contributed by atoms with van der Waals surface area (Å²) in [6.45, 7) is 0.848. The molecule has 0 spiro atoms. The molecular formula is C16H25NO. The van der Waals surface area contributed by atoms with Crippen LogP contribution in [0, 0.1) is 0 Å². The van der Waals surface area contributed by atoms with E-state index in [9.17, 15) is 0 Å². The third-order valence-electron chi connectivity index (χ3n) is 4.08. The number of ether oxygens (including phenoxy) is 1. The highest BCUT2D eigenvalue weighted by atomic mass is 16.5. The molecule has 0 saturated heterocycles. The van der Waals surface area contributed by atoms with Crippen molar-refractivity contribution in [3.63, 3.8) is 0 Å². The molecule has 1 aliphatic rings. The van der Waals surface area contributed by atoms with E-state index in [2.05, 4.69) is 29.6 Å². The maximum absolute atomic E-state index is 5.13. The number of methoxy groups -OCH3 is 1. The Hall–Kier alpha value is -0.860.